The van der Waals surface area contributed by atoms with E-state index in [1.54, 1.807) is 5.38 Å². The lowest BCUT2D eigenvalue weighted by Gasteiger charge is -2.49. The van der Waals surface area contributed by atoms with Crippen LogP contribution in [-0.2, 0) is 19.2 Å². The van der Waals surface area contributed by atoms with Gasteiger partial charge in [-0.2, -0.15) is 0 Å². The second-order valence-corrected chi connectivity index (χ2v) is 9.11. The molecule has 2 aromatic heterocycles. The van der Waals surface area contributed by atoms with E-state index in [2.05, 4.69) is 15.5 Å². The Morgan fingerprint density at radius 1 is 1.43 bits per heavy atom. The number of carboxylic acids is 1. The third kappa shape index (κ3) is 3.44. The molecule has 0 radical (unpaired) electrons. The van der Waals surface area contributed by atoms with Crippen LogP contribution in [0, 0.1) is 0 Å². The van der Waals surface area contributed by atoms with E-state index in [1.165, 1.54) is 35.1 Å². The predicted molar refractivity (Wildman–Crippen MR) is 114 cm³/mol. The highest BCUT2D eigenvalue weighted by Gasteiger charge is 2.54. The van der Waals surface area contributed by atoms with Crippen LogP contribution in [-0.4, -0.2) is 62.8 Å². The number of amides is 2. The summed E-state index contributed by atoms with van der Waals surface area (Å²) in [7, 11) is 1.28. The number of carbonyl (C=O) groups is 3. The molecule has 0 bridgehead atoms. The number of anilines is 1. The van der Waals surface area contributed by atoms with Crippen molar-refractivity contribution >= 4 is 68.6 Å². The number of β-lactam (4-membered cyclic amide) rings is 1. The van der Waals surface area contributed by atoms with Gasteiger partial charge in [-0.15, -0.1) is 34.4 Å². The molecule has 10 nitrogen and oxygen atoms in total. The van der Waals surface area contributed by atoms with Crippen LogP contribution in [0.4, 0.5) is 5.13 Å². The first-order valence-corrected chi connectivity index (χ1v) is 11.3. The summed E-state index contributed by atoms with van der Waals surface area (Å²) in [6.07, 6.45) is 0. The van der Waals surface area contributed by atoms with Crippen LogP contribution in [0.15, 0.2) is 33.7 Å². The second kappa shape index (κ2) is 8.08. The Morgan fingerprint density at radius 2 is 2.23 bits per heavy atom. The first-order valence-electron chi connectivity index (χ1n) is 8.50. The van der Waals surface area contributed by atoms with Crippen LogP contribution in [0.25, 0.3) is 5.57 Å². The van der Waals surface area contributed by atoms with Gasteiger partial charge in [0, 0.05) is 21.6 Å². The van der Waals surface area contributed by atoms with Crippen molar-refractivity contribution in [3.63, 3.8) is 0 Å². The molecule has 4 N–H and O–H groups in total. The van der Waals surface area contributed by atoms with E-state index in [9.17, 15) is 19.5 Å². The number of nitrogen functional groups attached to an aromatic ring is 1. The first kappa shape index (κ1) is 20.4. The van der Waals surface area contributed by atoms with Gasteiger partial charge in [0.2, 0.25) is 0 Å². The average molecular weight is 466 g/mol. The molecule has 156 valence electrons. The van der Waals surface area contributed by atoms with E-state index in [0.29, 0.717) is 11.3 Å². The molecule has 2 aliphatic rings. The maximum absolute atomic E-state index is 12.8. The largest absolute Gasteiger partial charge is 0.477 e. The molecule has 4 rings (SSSR count). The maximum Gasteiger partial charge on any atom is 0.353 e. The third-order valence-electron chi connectivity index (χ3n) is 4.44. The summed E-state index contributed by atoms with van der Waals surface area (Å²) in [5, 5.41) is 19.2. The Morgan fingerprint density at radius 3 is 2.83 bits per heavy atom. The molecular weight excluding hydrogens is 450 g/mol. The summed E-state index contributed by atoms with van der Waals surface area (Å²) in [5.41, 5.74) is 6.27. The molecule has 2 atom stereocenters. The highest BCUT2D eigenvalue weighted by atomic mass is 32.2. The lowest BCUT2D eigenvalue weighted by Crippen LogP contribution is -2.71. The van der Waals surface area contributed by atoms with Crippen LogP contribution in [0.1, 0.15) is 10.6 Å². The van der Waals surface area contributed by atoms with Crippen molar-refractivity contribution in [1.29, 1.82) is 0 Å². The van der Waals surface area contributed by atoms with Crippen molar-refractivity contribution in [3.8, 4) is 0 Å². The molecular formula is C17H15N5O5S3. The van der Waals surface area contributed by atoms with Crippen LogP contribution >= 0.6 is 34.4 Å². The molecule has 4 heterocycles. The van der Waals surface area contributed by atoms with Crippen LogP contribution < -0.4 is 11.1 Å². The molecule has 0 unspecified atom stereocenters. The number of aromatic nitrogens is 1. The van der Waals surface area contributed by atoms with Gasteiger partial charge in [0.1, 0.15) is 29.9 Å². The van der Waals surface area contributed by atoms with Gasteiger partial charge in [-0.05, 0) is 11.4 Å². The maximum atomic E-state index is 12.8. The van der Waals surface area contributed by atoms with Crippen LogP contribution in [0.2, 0.25) is 0 Å². The zero-order valence-corrected chi connectivity index (χ0v) is 17.8. The minimum Gasteiger partial charge on any atom is -0.477 e. The molecule has 1 fully saturated rings. The number of nitrogens with zero attached hydrogens (tertiary/aromatic N) is 3. The number of rotatable bonds is 6. The number of nitrogens with two attached hydrogens (primary N) is 1. The number of carbonyl (C=O) groups excluding carboxylic acids is 2. The van der Waals surface area contributed by atoms with Gasteiger partial charge in [-0.3, -0.25) is 14.5 Å². The average Bonchev–Trinajstić information content (AvgIpc) is 3.40. The number of hydrogen-bond acceptors (Lipinski definition) is 10. The minimum absolute atomic E-state index is 0.0465. The van der Waals surface area contributed by atoms with Gasteiger partial charge in [0.25, 0.3) is 11.8 Å². The summed E-state index contributed by atoms with van der Waals surface area (Å²) in [6.45, 7) is 0. The van der Waals surface area contributed by atoms with Crippen molar-refractivity contribution in [2.24, 2.45) is 5.16 Å². The zero-order chi connectivity index (χ0) is 21.4. The fraction of sp³-hybridized carbons (Fsp3) is 0.235. The number of nitrogens with one attached hydrogen (secondary N) is 1. The summed E-state index contributed by atoms with van der Waals surface area (Å²) < 4.78 is 0. The number of fused-ring (bicyclic) bond motifs is 1. The van der Waals surface area contributed by atoms with E-state index in [4.69, 9.17) is 10.6 Å². The number of thioether (sulfide) groups is 1. The van der Waals surface area contributed by atoms with Gasteiger partial charge >= 0.3 is 5.97 Å². The minimum atomic E-state index is -1.18. The molecule has 2 aliphatic heterocycles. The van der Waals surface area contributed by atoms with E-state index >= 15 is 0 Å². The number of thiazole rings is 1. The van der Waals surface area contributed by atoms with Crippen LogP contribution in [0.3, 0.4) is 0 Å². The molecule has 0 aliphatic carbocycles. The van der Waals surface area contributed by atoms with Gasteiger partial charge in [-0.25, -0.2) is 9.78 Å². The third-order valence-corrected chi connectivity index (χ3v) is 7.32. The topological polar surface area (TPSA) is 147 Å². The van der Waals surface area contributed by atoms with E-state index < -0.39 is 29.2 Å². The Hall–Kier alpha value is -2.90. The molecule has 1 saturated heterocycles. The lowest BCUT2D eigenvalue weighted by molar-refractivity contribution is -0.149. The highest BCUT2D eigenvalue weighted by molar-refractivity contribution is 8.00. The van der Waals surface area contributed by atoms with Gasteiger partial charge < -0.3 is 21.0 Å². The molecule has 0 saturated carbocycles. The van der Waals surface area contributed by atoms with E-state index in [0.717, 1.165) is 16.2 Å². The molecule has 0 aromatic carbocycles. The second-order valence-electron chi connectivity index (χ2n) is 6.16. The Balaban J connectivity index is 1.56. The zero-order valence-electron chi connectivity index (χ0n) is 15.4. The number of oxime groups is 1. The van der Waals surface area contributed by atoms with Gasteiger partial charge in [0.05, 0.1) is 0 Å². The fourth-order valence-corrected chi connectivity index (χ4v) is 5.94. The predicted octanol–water partition coefficient (Wildman–Crippen LogP) is 1.03. The Labute approximate surface area is 182 Å². The van der Waals surface area contributed by atoms with E-state index in [1.807, 2.05) is 17.5 Å². The smallest absolute Gasteiger partial charge is 0.353 e. The number of thiophene rings is 1. The van der Waals surface area contributed by atoms with Gasteiger partial charge in [0.15, 0.2) is 10.8 Å². The summed E-state index contributed by atoms with van der Waals surface area (Å²) in [5.74, 6) is -1.93. The number of hydrogen-bond donors (Lipinski definition) is 3. The molecule has 30 heavy (non-hydrogen) atoms. The molecule has 13 heteroatoms. The SMILES string of the molecule is CO/N=C(/C(=O)N[C@@H]1C(=O)N2C(C(=O)O)=C(c3cccs3)CS[C@H]12)c1csc(N)n1. The van der Waals surface area contributed by atoms with Crippen molar-refractivity contribution in [2.45, 2.75) is 11.4 Å². The first-order chi connectivity index (χ1) is 14.4. The molecule has 2 aromatic rings. The van der Waals surface area contributed by atoms with Gasteiger partial charge in [-0.1, -0.05) is 11.2 Å². The Bertz CT molecular complexity index is 1080. The van der Waals surface area contributed by atoms with Crippen LogP contribution in [0.5, 0.6) is 0 Å². The fourth-order valence-electron chi connectivity index (χ4n) is 3.16. The number of carboxylic acid groups (broad SMARTS) is 1. The van der Waals surface area contributed by atoms with E-state index in [-0.39, 0.29) is 22.2 Å². The summed E-state index contributed by atoms with van der Waals surface area (Å²) in [4.78, 5) is 48.2. The normalized spacial score (nSPS) is 21.2. The standard InChI is InChI=1S/C17H15N5O5S3/c1-27-21-10(8-6-30-17(18)19-8)13(23)20-11-14(24)22-12(16(25)26)7(5-29-15(11)22)9-3-2-4-28-9/h2-4,6,11,15H,5H2,1H3,(H2,18,19)(H,20,23)(H,25,26)/b21-10+/t11-,15-/m1/s1. The lowest BCUT2D eigenvalue weighted by atomic mass is 10.0. The van der Waals surface area contributed by atoms with Crippen molar-refractivity contribution in [2.75, 3.05) is 18.6 Å². The number of aliphatic carboxylic acids is 1. The van der Waals surface area contributed by atoms with Crippen molar-refractivity contribution in [3.05, 3.63) is 39.2 Å². The Kier molecular flexibility index (Phi) is 5.49. The van der Waals surface area contributed by atoms with Crippen molar-refractivity contribution < 1.29 is 24.3 Å². The quantitative estimate of drug-likeness (QED) is 0.326. The van der Waals surface area contributed by atoms with Crippen molar-refractivity contribution in [1.82, 2.24) is 15.2 Å². The molecule has 2 amide bonds. The highest BCUT2D eigenvalue weighted by Crippen LogP contribution is 2.44. The molecule has 0 spiro atoms. The monoisotopic (exact) mass is 465 g/mol. The summed E-state index contributed by atoms with van der Waals surface area (Å²) >= 11 is 3.94. The summed E-state index contributed by atoms with van der Waals surface area (Å²) in [6, 6.07) is 2.76.